The molecule has 0 spiro atoms. The van der Waals surface area contributed by atoms with Crippen molar-refractivity contribution in [2.45, 2.75) is 46.1 Å². The maximum Gasteiger partial charge on any atom is 0.0623 e. The summed E-state index contributed by atoms with van der Waals surface area (Å²) in [6, 6.07) is 7.61. The molecule has 0 bridgehead atoms. The smallest absolute Gasteiger partial charge is 0.0623 e. The Morgan fingerprint density at radius 3 is 2.42 bits per heavy atom. The quantitative estimate of drug-likeness (QED) is 0.863. The highest BCUT2D eigenvalue weighted by Crippen LogP contribution is 2.33. The zero-order chi connectivity index (χ0) is 14.6. The predicted molar refractivity (Wildman–Crippen MR) is 82.5 cm³/mol. The van der Waals surface area contributed by atoms with Gasteiger partial charge in [0.15, 0.2) is 0 Å². The van der Waals surface area contributed by atoms with Crippen LogP contribution in [0, 0.1) is 11.3 Å². The molecule has 0 radical (unpaired) electrons. The normalized spacial score (nSPS) is 17.0. The van der Waals surface area contributed by atoms with Crippen LogP contribution in [-0.2, 0) is 0 Å². The van der Waals surface area contributed by atoms with Crippen molar-refractivity contribution in [3.8, 4) is 0 Å². The molecule has 3 unspecified atom stereocenters. The monoisotopic (exact) mass is 283 g/mol. The average molecular weight is 284 g/mol. The molecule has 1 aromatic carbocycles. The van der Waals surface area contributed by atoms with Gasteiger partial charge in [0, 0.05) is 17.5 Å². The van der Waals surface area contributed by atoms with Gasteiger partial charge in [-0.1, -0.05) is 51.4 Å². The zero-order valence-corrected chi connectivity index (χ0v) is 13.1. The number of hydrogen-bond donors (Lipinski definition) is 2. The molecule has 0 saturated heterocycles. The minimum Gasteiger partial charge on any atom is -0.392 e. The number of benzene rings is 1. The van der Waals surface area contributed by atoms with Crippen LogP contribution in [0.2, 0.25) is 5.02 Å². The average Bonchev–Trinajstić information content (AvgIpc) is 2.28. The largest absolute Gasteiger partial charge is 0.392 e. The molecular formula is C16H26ClNO. The van der Waals surface area contributed by atoms with Crippen LogP contribution < -0.4 is 5.73 Å². The fourth-order valence-corrected chi connectivity index (χ4v) is 2.33. The highest BCUT2D eigenvalue weighted by Gasteiger charge is 2.27. The van der Waals surface area contributed by atoms with E-state index in [-0.39, 0.29) is 11.3 Å². The third-order valence-electron chi connectivity index (χ3n) is 4.07. The van der Waals surface area contributed by atoms with E-state index in [1.165, 1.54) is 0 Å². The van der Waals surface area contributed by atoms with E-state index in [0.29, 0.717) is 17.5 Å². The van der Waals surface area contributed by atoms with Gasteiger partial charge in [-0.15, -0.1) is 0 Å². The van der Waals surface area contributed by atoms with E-state index >= 15 is 0 Å². The Kier molecular flexibility index (Phi) is 5.84. The van der Waals surface area contributed by atoms with E-state index in [2.05, 4.69) is 27.7 Å². The Labute approximate surface area is 122 Å². The van der Waals surface area contributed by atoms with Crippen molar-refractivity contribution in [3.63, 3.8) is 0 Å². The van der Waals surface area contributed by atoms with Crippen molar-refractivity contribution in [2.75, 3.05) is 6.54 Å². The molecule has 0 aliphatic carbocycles. The summed E-state index contributed by atoms with van der Waals surface area (Å²) in [5, 5.41) is 11.2. The van der Waals surface area contributed by atoms with Gasteiger partial charge in [-0.2, -0.15) is 0 Å². The van der Waals surface area contributed by atoms with E-state index in [9.17, 15) is 5.11 Å². The minimum atomic E-state index is -0.433. The number of aliphatic hydroxyl groups excluding tert-OH is 1. The van der Waals surface area contributed by atoms with Crippen LogP contribution in [0.1, 0.15) is 45.6 Å². The molecule has 0 heterocycles. The van der Waals surface area contributed by atoms with E-state index in [1.54, 1.807) is 0 Å². The maximum atomic E-state index is 10.5. The lowest BCUT2D eigenvalue weighted by molar-refractivity contribution is 0.0894. The molecule has 3 atom stereocenters. The summed E-state index contributed by atoms with van der Waals surface area (Å²) in [6.07, 6.45) is 0.315. The first kappa shape index (κ1) is 16.5. The Morgan fingerprint density at radius 2 is 1.95 bits per heavy atom. The van der Waals surface area contributed by atoms with Crippen molar-refractivity contribution in [2.24, 2.45) is 17.1 Å². The molecule has 3 N–H and O–H groups in total. The second-order valence-electron chi connectivity index (χ2n) is 6.47. The van der Waals surface area contributed by atoms with Crippen LogP contribution in [0.15, 0.2) is 24.3 Å². The summed E-state index contributed by atoms with van der Waals surface area (Å²) in [4.78, 5) is 0. The fourth-order valence-electron chi connectivity index (χ4n) is 2.13. The Morgan fingerprint density at radius 1 is 1.32 bits per heavy atom. The number of nitrogens with two attached hydrogens (primary N) is 1. The van der Waals surface area contributed by atoms with Crippen molar-refractivity contribution in [1.82, 2.24) is 0 Å². The molecule has 3 heteroatoms. The molecule has 0 aliphatic rings. The first-order chi connectivity index (χ1) is 8.75. The molecule has 1 rings (SSSR count). The molecule has 2 nitrogen and oxygen atoms in total. The molecule has 0 saturated carbocycles. The molecule has 0 fully saturated rings. The van der Waals surface area contributed by atoms with Gasteiger partial charge < -0.3 is 10.8 Å². The van der Waals surface area contributed by atoms with Crippen molar-refractivity contribution in [3.05, 3.63) is 34.9 Å². The summed E-state index contributed by atoms with van der Waals surface area (Å²) in [5.74, 6) is 0.374. The second kappa shape index (κ2) is 6.74. The Bertz CT molecular complexity index is 400. The molecule has 0 aromatic heterocycles. The lowest BCUT2D eigenvalue weighted by Gasteiger charge is -2.32. The fraction of sp³-hybridized carbons (Fsp3) is 0.625. The molecule has 108 valence electrons. The van der Waals surface area contributed by atoms with Gasteiger partial charge in [-0.3, -0.25) is 0 Å². The van der Waals surface area contributed by atoms with E-state index in [1.807, 2.05) is 24.3 Å². The molecule has 1 aromatic rings. The topological polar surface area (TPSA) is 46.2 Å². The third-order valence-corrected chi connectivity index (χ3v) is 4.30. The lowest BCUT2D eigenvalue weighted by Crippen LogP contribution is -2.30. The predicted octanol–water partition coefficient (Wildman–Crippen LogP) is 3.82. The van der Waals surface area contributed by atoms with Gasteiger partial charge in [-0.05, 0) is 35.4 Å². The summed E-state index contributed by atoms with van der Waals surface area (Å²) < 4.78 is 0. The highest BCUT2D eigenvalue weighted by molar-refractivity contribution is 6.30. The summed E-state index contributed by atoms with van der Waals surface area (Å²) in [5.41, 5.74) is 7.04. The van der Waals surface area contributed by atoms with E-state index in [0.717, 1.165) is 12.0 Å². The van der Waals surface area contributed by atoms with E-state index in [4.69, 9.17) is 17.3 Å². The minimum absolute atomic E-state index is 0.0523. The number of hydrogen-bond acceptors (Lipinski definition) is 2. The van der Waals surface area contributed by atoms with Gasteiger partial charge in [0.05, 0.1) is 6.10 Å². The number of aliphatic hydroxyl groups is 1. The number of halogens is 1. The summed E-state index contributed by atoms with van der Waals surface area (Å²) in [7, 11) is 0. The van der Waals surface area contributed by atoms with Crippen LogP contribution in [0.5, 0.6) is 0 Å². The first-order valence-corrected chi connectivity index (χ1v) is 7.27. The van der Waals surface area contributed by atoms with Gasteiger partial charge in [-0.25, -0.2) is 0 Å². The van der Waals surface area contributed by atoms with Crippen LogP contribution in [-0.4, -0.2) is 17.8 Å². The molecule has 0 amide bonds. The van der Waals surface area contributed by atoms with Crippen molar-refractivity contribution < 1.29 is 5.11 Å². The van der Waals surface area contributed by atoms with Gasteiger partial charge in [0.1, 0.15) is 0 Å². The van der Waals surface area contributed by atoms with Gasteiger partial charge in [0.2, 0.25) is 0 Å². The molecule has 0 aliphatic heterocycles. The summed E-state index contributed by atoms with van der Waals surface area (Å²) >= 11 is 6.01. The Hall–Kier alpha value is -0.570. The molecular weight excluding hydrogens is 258 g/mol. The third kappa shape index (κ3) is 4.79. The van der Waals surface area contributed by atoms with Crippen molar-refractivity contribution in [1.29, 1.82) is 0 Å². The Balaban J connectivity index is 2.80. The lowest BCUT2D eigenvalue weighted by atomic mass is 9.76. The zero-order valence-electron chi connectivity index (χ0n) is 12.4. The highest BCUT2D eigenvalue weighted by atomic mass is 35.5. The van der Waals surface area contributed by atoms with Crippen LogP contribution in [0.4, 0.5) is 0 Å². The second-order valence-corrected chi connectivity index (χ2v) is 6.90. The SMILES string of the molecule is CC(CC(O)C(CN)c1cccc(Cl)c1)C(C)(C)C. The first-order valence-electron chi connectivity index (χ1n) is 6.89. The number of rotatable bonds is 5. The van der Waals surface area contributed by atoms with Crippen LogP contribution in [0.25, 0.3) is 0 Å². The van der Waals surface area contributed by atoms with E-state index < -0.39 is 6.10 Å². The van der Waals surface area contributed by atoms with Gasteiger partial charge >= 0.3 is 0 Å². The van der Waals surface area contributed by atoms with Crippen molar-refractivity contribution >= 4 is 11.6 Å². The standard InChI is InChI=1S/C16H26ClNO/c1-11(16(2,3)4)8-15(19)14(10-18)12-6-5-7-13(17)9-12/h5-7,9,11,14-15,19H,8,10,18H2,1-4H3. The van der Waals surface area contributed by atoms with Crippen LogP contribution >= 0.6 is 11.6 Å². The van der Waals surface area contributed by atoms with Crippen LogP contribution in [0.3, 0.4) is 0 Å². The maximum absolute atomic E-state index is 10.5. The molecule has 19 heavy (non-hydrogen) atoms. The summed E-state index contributed by atoms with van der Waals surface area (Å²) in [6.45, 7) is 9.19. The van der Waals surface area contributed by atoms with Gasteiger partial charge in [0.25, 0.3) is 0 Å².